The van der Waals surface area contributed by atoms with Gasteiger partial charge in [-0.1, -0.05) is 11.2 Å². The fourth-order valence-electron chi connectivity index (χ4n) is 4.74. The van der Waals surface area contributed by atoms with Gasteiger partial charge in [-0.05, 0) is 38.5 Å². The van der Waals surface area contributed by atoms with Crippen LogP contribution < -0.4 is 4.74 Å². The Morgan fingerprint density at radius 2 is 2.03 bits per heavy atom. The summed E-state index contributed by atoms with van der Waals surface area (Å²) in [7, 11) is 0. The minimum absolute atomic E-state index is 0.117. The summed E-state index contributed by atoms with van der Waals surface area (Å²) in [5.41, 5.74) is 2.90. The van der Waals surface area contributed by atoms with Crippen molar-refractivity contribution in [3.8, 4) is 5.75 Å². The first kappa shape index (κ1) is 20.1. The highest BCUT2D eigenvalue weighted by Crippen LogP contribution is 2.32. The lowest BCUT2D eigenvalue weighted by Crippen LogP contribution is -2.42. The van der Waals surface area contributed by atoms with Crippen LogP contribution >= 0.6 is 0 Å². The molecule has 1 aromatic carbocycles. The van der Waals surface area contributed by atoms with Crippen LogP contribution in [0.25, 0.3) is 10.9 Å². The van der Waals surface area contributed by atoms with Crippen LogP contribution in [-0.2, 0) is 16.0 Å². The van der Waals surface area contributed by atoms with Crippen LogP contribution in [-0.4, -0.2) is 52.9 Å². The topological polar surface area (TPSA) is 69.7 Å². The number of hydrogen-bond acceptors (Lipinski definition) is 5. The number of piperidine rings is 1. The SMILES string of the molecule is Cc1noc(C)c1CC(=O)N1CCC(Oc2cccc3c2ccn3C2CCOC2)CC1. The molecular formula is C24H29N3O4. The van der Waals surface area contributed by atoms with E-state index in [1.807, 2.05) is 24.8 Å². The number of carbonyl (C=O) groups is 1. The van der Waals surface area contributed by atoms with Gasteiger partial charge in [-0.25, -0.2) is 0 Å². The van der Waals surface area contributed by atoms with E-state index in [1.54, 1.807) is 0 Å². The Bertz CT molecular complexity index is 1050. The summed E-state index contributed by atoms with van der Waals surface area (Å²) in [4.78, 5) is 14.7. The zero-order valence-corrected chi connectivity index (χ0v) is 18.2. The first-order valence-electron chi connectivity index (χ1n) is 11.1. The number of ether oxygens (including phenoxy) is 2. The molecule has 164 valence electrons. The van der Waals surface area contributed by atoms with E-state index >= 15 is 0 Å². The summed E-state index contributed by atoms with van der Waals surface area (Å²) >= 11 is 0. The van der Waals surface area contributed by atoms with Gasteiger partial charge in [0.25, 0.3) is 0 Å². The average molecular weight is 424 g/mol. The molecule has 5 rings (SSSR count). The molecule has 2 aliphatic rings. The number of likely N-dealkylation sites (tertiary alicyclic amines) is 1. The van der Waals surface area contributed by atoms with Crippen molar-refractivity contribution < 1.29 is 18.8 Å². The molecule has 0 aliphatic carbocycles. The Balaban J connectivity index is 1.22. The van der Waals surface area contributed by atoms with Gasteiger partial charge >= 0.3 is 0 Å². The van der Waals surface area contributed by atoms with E-state index in [4.69, 9.17) is 14.0 Å². The maximum atomic E-state index is 12.7. The fraction of sp³-hybridized carbons (Fsp3) is 0.500. The zero-order chi connectivity index (χ0) is 21.4. The van der Waals surface area contributed by atoms with Gasteiger partial charge in [-0.15, -0.1) is 0 Å². The third-order valence-corrected chi connectivity index (χ3v) is 6.62. The normalized spacial score (nSPS) is 19.9. The Kier molecular flexibility index (Phi) is 5.44. The summed E-state index contributed by atoms with van der Waals surface area (Å²) in [6.07, 6.45) is 5.33. The number of hydrogen-bond donors (Lipinski definition) is 0. The molecule has 1 amide bonds. The van der Waals surface area contributed by atoms with E-state index in [0.29, 0.717) is 25.6 Å². The number of amides is 1. The summed E-state index contributed by atoms with van der Waals surface area (Å²) in [6.45, 7) is 6.76. The minimum Gasteiger partial charge on any atom is -0.490 e. The van der Waals surface area contributed by atoms with Crippen molar-refractivity contribution >= 4 is 16.8 Å². The highest BCUT2D eigenvalue weighted by atomic mass is 16.5. The first-order chi connectivity index (χ1) is 15.1. The van der Waals surface area contributed by atoms with Crippen molar-refractivity contribution in [3.63, 3.8) is 0 Å². The first-order valence-corrected chi connectivity index (χ1v) is 11.1. The second-order valence-electron chi connectivity index (χ2n) is 8.61. The third-order valence-electron chi connectivity index (χ3n) is 6.62. The van der Waals surface area contributed by atoms with Gasteiger partial charge in [0.1, 0.15) is 17.6 Å². The molecule has 0 spiro atoms. The van der Waals surface area contributed by atoms with Crippen LogP contribution in [0.4, 0.5) is 0 Å². The molecule has 2 saturated heterocycles. The predicted molar refractivity (Wildman–Crippen MR) is 116 cm³/mol. The van der Waals surface area contributed by atoms with Crippen molar-refractivity contribution in [1.29, 1.82) is 0 Å². The molecule has 0 saturated carbocycles. The van der Waals surface area contributed by atoms with E-state index in [2.05, 4.69) is 34.1 Å². The number of fused-ring (bicyclic) bond motifs is 1. The lowest BCUT2D eigenvalue weighted by Gasteiger charge is -2.32. The van der Waals surface area contributed by atoms with Crippen LogP contribution in [0.1, 0.15) is 42.3 Å². The summed E-state index contributed by atoms with van der Waals surface area (Å²) < 4.78 is 19.5. The van der Waals surface area contributed by atoms with E-state index in [9.17, 15) is 4.79 Å². The summed E-state index contributed by atoms with van der Waals surface area (Å²) in [5, 5.41) is 5.10. The van der Waals surface area contributed by atoms with Crippen LogP contribution in [0.2, 0.25) is 0 Å². The second-order valence-corrected chi connectivity index (χ2v) is 8.61. The average Bonchev–Trinajstić information content (AvgIpc) is 3.51. The molecule has 4 heterocycles. The molecule has 2 aromatic heterocycles. The van der Waals surface area contributed by atoms with Gasteiger partial charge in [-0.2, -0.15) is 0 Å². The Morgan fingerprint density at radius 1 is 1.19 bits per heavy atom. The highest BCUT2D eigenvalue weighted by Gasteiger charge is 2.26. The van der Waals surface area contributed by atoms with Crippen molar-refractivity contribution in [2.24, 2.45) is 0 Å². The van der Waals surface area contributed by atoms with E-state index in [-0.39, 0.29) is 12.0 Å². The van der Waals surface area contributed by atoms with Gasteiger partial charge in [0.2, 0.25) is 5.91 Å². The molecule has 0 radical (unpaired) electrons. The van der Waals surface area contributed by atoms with Crippen LogP contribution in [0, 0.1) is 13.8 Å². The molecule has 2 aliphatic heterocycles. The fourth-order valence-corrected chi connectivity index (χ4v) is 4.74. The Labute approximate surface area is 181 Å². The van der Waals surface area contributed by atoms with E-state index < -0.39 is 0 Å². The van der Waals surface area contributed by atoms with Crippen LogP contribution in [0.3, 0.4) is 0 Å². The lowest BCUT2D eigenvalue weighted by atomic mass is 10.1. The molecule has 1 unspecified atom stereocenters. The molecule has 0 N–H and O–H groups in total. The molecule has 3 aromatic rings. The Morgan fingerprint density at radius 3 is 2.74 bits per heavy atom. The minimum atomic E-state index is 0.117. The highest BCUT2D eigenvalue weighted by molar-refractivity contribution is 5.86. The predicted octanol–water partition coefficient (Wildman–Crippen LogP) is 3.82. The third kappa shape index (κ3) is 3.94. The van der Waals surface area contributed by atoms with Crippen molar-refractivity contribution in [2.75, 3.05) is 26.3 Å². The van der Waals surface area contributed by atoms with Gasteiger partial charge in [-0.3, -0.25) is 4.79 Å². The lowest BCUT2D eigenvalue weighted by molar-refractivity contribution is -0.132. The van der Waals surface area contributed by atoms with Crippen LogP contribution in [0.15, 0.2) is 35.0 Å². The van der Waals surface area contributed by atoms with Gasteiger partial charge in [0.05, 0.1) is 30.3 Å². The number of aromatic nitrogens is 2. The van der Waals surface area contributed by atoms with E-state index in [1.165, 1.54) is 5.52 Å². The summed E-state index contributed by atoms with van der Waals surface area (Å²) in [6, 6.07) is 8.81. The monoisotopic (exact) mass is 423 g/mol. The summed E-state index contributed by atoms with van der Waals surface area (Å²) in [5.74, 6) is 1.79. The van der Waals surface area contributed by atoms with Crippen molar-refractivity contribution in [3.05, 3.63) is 47.5 Å². The molecule has 31 heavy (non-hydrogen) atoms. The van der Waals surface area contributed by atoms with E-state index in [0.717, 1.165) is 60.6 Å². The molecule has 7 heteroatoms. The maximum Gasteiger partial charge on any atom is 0.227 e. The number of benzene rings is 1. The standard InChI is InChI=1S/C24H29N3O4/c1-16-21(17(2)31-25-16)14-24(28)26-10-6-19(7-11-26)30-23-5-3-4-22-20(23)8-12-27(22)18-9-13-29-15-18/h3-5,8,12,18-19H,6-7,9-11,13-15H2,1-2H3. The molecular weight excluding hydrogens is 394 g/mol. The van der Waals surface area contributed by atoms with Gasteiger partial charge in [0.15, 0.2) is 0 Å². The second kappa shape index (κ2) is 8.38. The van der Waals surface area contributed by atoms with Crippen molar-refractivity contribution in [2.45, 2.75) is 51.7 Å². The van der Waals surface area contributed by atoms with Gasteiger partial charge in [0, 0.05) is 49.7 Å². The molecule has 0 bridgehead atoms. The number of rotatable bonds is 5. The maximum absolute atomic E-state index is 12.7. The number of nitrogens with zero attached hydrogens (tertiary/aromatic N) is 3. The molecule has 1 atom stereocenters. The quantitative estimate of drug-likeness (QED) is 0.624. The van der Waals surface area contributed by atoms with Gasteiger partial charge < -0.3 is 23.5 Å². The van der Waals surface area contributed by atoms with Crippen LogP contribution in [0.5, 0.6) is 5.75 Å². The zero-order valence-electron chi connectivity index (χ0n) is 18.2. The number of carbonyl (C=O) groups excluding carboxylic acids is 1. The molecule has 2 fully saturated rings. The largest absolute Gasteiger partial charge is 0.490 e. The number of aryl methyl sites for hydroxylation is 2. The Hall–Kier alpha value is -2.80. The smallest absolute Gasteiger partial charge is 0.227 e. The molecule has 7 nitrogen and oxygen atoms in total. The van der Waals surface area contributed by atoms with Crippen molar-refractivity contribution in [1.82, 2.24) is 14.6 Å².